The summed E-state index contributed by atoms with van der Waals surface area (Å²) in [5, 5.41) is 2.55. The van der Waals surface area contributed by atoms with Gasteiger partial charge in [-0.25, -0.2) is 13.4 Å². The van der Waals surface area contributed by atoms with Crippen molar-refractivity contribution in [3.05, 3.63) is 35.9 Å². The Bertz CT molecular complexity index is 942. The lowest BCUT2D eigenvalue weighted by Gasteiger charge is -2.19. The first kappa shape index (κ1) is 19.1. The van der Waals surface area contributed by atoms with Gasteiger partial charge in [0.1, 0.15) is 6.26 Å². The largest absolute Gasteiger partial charge is 0.432 e. The average Bonchev–Trinajstić information content (AvgIpc) is 3.29. The topological polar surface area (TPSA) is 102 Å². The van der Waals surface area contributed by atoms with E-state index >= 15 is 0 Å². The van der Waals surface area contributed by atoms with E-state index in [0.717, 1.165) is 18.4 Å². The first-order valence-corrected chi connectivity index (χ1v) is 11.4. The molecule has 2 saturated carbocycles. The highest BCUT2D eigenvalue weighted by Crippen LogP contribution is 2.36. The van der Waals surface area contributed by atoms with Crippen LogP contribution in [0.2, 0.25) is 0 Å². The number of aryl methyl sites for hydroxylation is 1. The number of nitrogens with one attached hydrogen (secondary N) is 1. The van der Waals surface area contributed by atoms with Crippen molar-refractivity contribution in [1.29, 1.82) is 0 Å². The third-order valence-electron chi connectivity index (χ3n) is 5.63. The number of aromatic nitrogens is 2. The summed E-state index contributed by atoms with van der Waals surface area (Å²) in [4.78, 5) is 21.3. The summed E-state index contributed by atoms with van der Waals surface area (Å²) >= 11 is 0. The second kappa shape index (κ2) is 7.66. The van der Waals surface area contributed by atoms with Gasteiger partial charge in [0.2, 0.25) is 5.91 Å². The van der Waals surface area contributed by atoms with E-state index in [1.54, 1.807) is 13.0 Å². The molecule has 0 radical (unpaired) electrons. The fourth-order valence-corrected chi connectivity index (χ4v) is 5.45. The Morgan fingerprint density at radius 2 is 2.00 bits per heavy atom. The summed E-state index contributed by atoms with van der Waals surface area (Å²) in [6.45, 7) is 1.79. The highest BCUT2D eigenvalue weighted by molar-refractivity contribution is 7.92. The molecule has 150 valence electrons. The zero-order valence-electron chi connectivity index (χ0n) is 15.9. The minimum Gasteiger partial charge on any atom is -0.432 e. The molecule has 2 fully saturated rings. The van der Waals surface area contributed by atoms with E-state index in [0.29, 0.717) is 30.9 Å². The molecule has 0 spiro atoms. The molecule has 2 heterocycles. The zero-order valence-corrected chi connectivity index (χ0v) is 16.7. The molecule has 0 bridgehead atoms. The van der Waals surface area contributed by atoms with E-state index in [1.165, 1.54) is 31.4 Å². The van der Waals surface area contributed by atoms with Crippen LogP contribution in [0.25, 0.3) is 0 Å². The number of sulfone groups is 1. The highest BCUT2D eigenvalue weighted by atomic mass is 32.2. The van der Waals surface area contributed by atoms with Crippen LogP contribution in [0.15, 0.2) is 34.0 Å². The molecule has 2 aliphatic carbocycles. The average molecular weight is 404 g/mol. The molecule has 0 saturated heterocycles. The Morgan fingerprint density at radius 1 is 1.25 bits per heavy atom. The predicted molar refractivity (Wildman–Crippen MR) is 104 cm³/mol. The maximum Gasteiger partial charge on any atom is 0.301 e. The maximum atomic E-state index is 13.0. The fraction of sp³-hybridized carbons (Fsp3) is 0.550. The smallest absolute Gasteiger partial charge is 0.301 e. The van der Waals surface area contributed by atoms with Crippen LogP contribution in [0, 0.1) is 12.8 Å². The first-order chi connectivity index (χ1) is 13.4. The molecule has 1 N–H and O–H groups in total. The lowest BCUT2D eigenvalue weighted by atomic mass is 9.88. The third-order valence-corrected chi connectivity index (χ3v) is 7.80. The molecule has 8 heteroatoms. The van der Waals surface area contributed by atoms with Gasteiger partial charge in [0.05, 0.1) is 16.9 Å². The van der Waals surface area contributed by atoms with Crippen molar-refractivity contribution in [2.24, 2.45) is 5.92 Å². The SMILES string of the molecule is Cc1coc(NC(=O)C(CC2CCCC2)c2ccc(S(=O)(=O)C3CC3)nc2)n1. The molecule has 1 atom stereocenters. The number of oxazole rings is 1. The number of anilines is 1. The van der Waals surface area contributed by atoms with Crippen LogP contribution in [-0.2, 0) is 14.6 Å². The zero-order chi connectivity index (χ0) is 19.7. The van der Waals surface area contributed by atoms with Crippen LogP contribution < -0.4 is 5.32 Å². The summed E-state index contributed by atoms with van der Waals surface area (Å²) < 4.78 is 30.0. The molecule has 2 aromatic heterocycles. The number of pyridine rings is 1. The molecule has 0 aromatic carbocycles. The number of hydrogen-bond acceptors (Lipinski definition) is 6. The lowest BCUT2D eigenvalue weighted by Crippen LogP contribution is -2.23. The number of nitrogens with zero attached hydrogens (tertiary/aromatic N) is 2. The van der Waals surface area contributed by atoms with E-state index in [4.69, 9.17) is 4.42 Å². The van der Waals surface area contributed by atoms with Crippen molar-refractivity contribution in [2.75, 3.05) is 5.32 Å². The molecule has 1 amide bonds. The molecule has 1 unspecified atom stereocenters. The Hall–Kier alpha value is -2.22. The van der Waals surface area contributed by atoms with Crippen LogP contribution in [-0.4, -0.2) is 29.5 Å². The van der Waals surface area contributed by atoms with Crippen LogP contribution in [0.5, 0.6) is 0 Å². The quantitative estimate of drug-likeness (QED) is 0.757. The van der Waals surface area contributed by atoms with Gasteiger partial charge in [0.15, 0.2) is 14.9 Å². The summed E-state index contributed by atoms with van der Waals surface area (Å²) in [6, 6.07) is 3.44. The van der Waals surface area contributed by atoms with Crippen molar-refractivity contribution in [3.63, 3.8) is 0 Å². The molecule has 2 aromatic rings. The van der Waals surface area contributed by atoms with Gasteiger partial charge in [-0.15, -0.1) is 0 Å². The van der Waals surface area contributed by atoms with Gasteiger partial charge >= 0.3 is 6.01 Å². The minimum absolute atomic E-state index is 0.0992. The Morgan fingerprint density at radius 3 is 2.57 bits per heavy atom. The van der Waals surface area contributed by atoms with Crippen molar-refractivity contribution in [2.45, 2.75) is 68.1 Å². The van der Waals surface area contributed by atoms with E-state index in [1.807, 2.05) is 0 Å². The second-order valence-electron chi connectivity index (χ2n) is 7.90. The molecular formula is C20H25N3O4S. The summed E-state index contributed by atoms with van der Waals surface area (Å²) in [6.07, 6.45) is 9.75. The standard InChI is InChI=1S/C20H25N3O4S/c1-13-12-27-20(22-13)23-19(24)17(10-14-4-2-3-5-14)15-6-9-18(21-11-15)28(25,26)16-7-8-16/h6,9,11-12,14,16-17H,2-5,7-8,10H2,1H3,(H,22,23,24). The van der Waals surface area contributed by atoms with E-state index < -0.39 is 15.8 Å². The number of carbonyl (C=O) groups is 1. The molecule has 4 rings (SSSR count). The predicted octanol–water partition coefficient (Wildman–Crippen LogP) is 3.62. The van der Waals surface area contributed by atoms with Gasteiger partial charge in [0, 0.05) is 6.20 Å². The monoisotopic (exact) mass is 403 g/mol. The molecule has 2 aliphatic rings. The number of amides is 1. The number of hydrogen-bond donors (Lipinski definition) is 1. The molecule has 0 aliphatic heterocycles. The van der Waals surface area contributed by atoms with Crippen LogP contribution in [0.4, 0.5) is 6.01 Å². The number of rotatable bonds is 7. The van der Waals surface area contributed by atoms with Crippen molar-refractivity contribution >= 4 is 21.8 Å². The van der Waals surface area contributed by atoms with E-state index in [2.05, 4.69) is 15.3 Å². The maximum absolute atomic E-state index is 13.0. The highest BCUT2D eigenvalue weighted by Gasteiger charge is 2.38. The molecular weight excluding hydrogens is 378 g/mol. The fourth-order valence-electron chi connectivity index (χ4n) is 3.89. The molecule has 7 nitrogen and oxygen atoms in total. The molecule has 28 heavy (non-hydrogen) atoms. The van der Waals surface area contributed by atoms with Gasteiger partial charge in [-0.05, 0) is 43.7 Å². The van der Waals surface area contributed by atoms with Gasteiger partial charge < -0.3 is 4.42 Å². The first-order valence-electron chi connectivity index (χ1n) is 9.86. The van der Waals surface area contributed by atoms with Gasteiger partial charge in [-0.2, -0.15) is 4.98 Å². The van der Waals surface area contributed by atoms with Crippen LogP contribution >= 0.6 is 0 Å². The Balaban J connectivity index is 1.56. The second-order valence-corrected chi connectivity index (χ2v) is 10.1. The van der Waals surface area contributed by atoms with Gasteiger partial charge in [-0.3, -0.25) is 10.1 Å². The summed E-state index contributed by atoms with van der Waals surface area (Å²) in [5.41, 5.74) is 1.42. The van der Waals surface area contributed by atoms with Crippen LogP contribution in [0.3, 0.4) is 0 Å². The van der Waals surface area contributed by atoms with Crippen molar-refractivity contribution < 1.29 is 17.6 Å². The van der Waals surface area contributed by atoms with Crippen molar-refractivity contribution in [1.82, 2.24) is 9.97 Å². The van der Waals surface area contributed by atoms with Gasteiger partial charge in [0.25, 0.3) is 0 Å². The third kappa shape index (κ3) is 4.11. The van der Waals surface area contributed by atoms with Crippen LogP contribution in [0.1, 0.15) is 62.1 Å². The number of carbonyl (C=O) groups excluding carboxylic acids is 1. The Kier molecular flexibility index (Phi) is 5.23. The Labute approximate surface area is 164 Å². The summed E-state index contributed by atoms with van der Waals surface area (Å²) in [7, 11) is -3.33. The lowest BCUT2D eigenvalue weighted by molar-refractivity contribution is -0.118. The minimum atomic E-state index is -3.33. The van der Waals surface area contributed by atoms with E-state index in [-0.39, 0.29) is 22.2 Å². The van der Waals surface area contributed by atoms with E-state index in [9.17, 15) is 13.2 Å². The van der Waals surface area contributed by atoms with Gasteiger partial charge in [-0.1, -0.05) is 31.7 Å². The van der Waals surface area contributed by atoms with Crippen molar-refractivity contribution in [3.8, 4) is 0 Å². The summed E-state index contributed by atoms with van der Waals surface area (Å²) in [5.74, 6) is -0.134. The normalized spacial score (nSPS) is 18.9.